The topological polar surface area (TPSA) is 78.9 Å². The second-order valence-corrected chi connectivity index (χ2v) is 3.89. The number of hydrogen-bond acceptors (Lipinski definition) is 5. The number of amides is 1. The second kappa shape index (κ2) is 3.71. The molecule has 1 amide bonds. The molecule has 0 N–H and O–H groups in total. The minimum absolute atomic E-state index is 0.382. The Hall–Kier alpha value is -0.580. The van der Waals surface area contributed by atoms with E-state index < -0.39 is 13.8 Å². The molecule has 0 fully saturated rings. The van der Waals surface area contributed by atoms with Gasteiger partial charge in [-0.15, -0.1) is 0 Å². The fourth-order valence-electron chi connectivity index (χ4n) is 0.419. The first-order valence-corrected chi connectivity index (χ1v) is 4.14. The number of carbonyl (C=O) groups is 1. The molecule has 11 heavy (non-hydrogen) atoms. The van der Waals surface area contributed by atoms with E-state index in [-0.39, 0.29) is 0 Å². The highest BCUT2D eigenvalue weighted by atomic mass is 31.2. The third kappa shape index (κ3) is 2.18. The number of nitrogens with zero attached hydrogens (tertiary/aromatic N) is 1. The van der Waals surface area contributed by atoms with Crippen molar-refractivity contribution in [2.45, 2.75) is 0 Å². The van der Waals surface area contributed by atoms with Crippen LogP contribution in [0.25, 0.3) is 0 Å². The van der Waals surface area contributed by atoms with E-state index in [0.29, 0.717) is 4.67 Å². The van der Waals surface area contributed by atoms with Gasteiger partial charge in [0.2, 0.25) is 0 Å². The smallest absolute Gasteiger partial charge is 0.435 e. The lowest BCUT2D eigenvalue weighted by Gasteiger charge is -2.25. The number of carbonyl (C=O) groups excluding carboxylic acids is 1. The van der Waals surface area contributed by atoms with Gasteiger partial charge < -0.3 is 9.90 Å². The van der Waals surface area contributed by atoms with Crippen LogP contribution in [0.2, 0.25) is 0 Å². The molecule has 0 saturated heterocycles. The van der Waals surface area contributed by atoms with Crippen LogP contribution in [0.4, 0.5) is 4.79 Å². The Balaban J connectivity index is 4.51. The van der Waals surface area contributed by atoms with Crippen LogP contribution in [-0.4, -0.2) is 32.0 Å². The molecule has 0 saturated carbocycles. The van der Waals surface area contributed by atoms with Crippen molar-refractivity contribution in [2.24, 2.45) is 0 Å². The summed E-state index contributed by atoms with van der Waals surface area (Å²) in [6.07, 6.45) is -1.61. The van der Waals surface area contributed by atoms with E-state index >= 15 is 0 Å². The highest BCUT2D eigenvalue weighted by Gasteiger charge is 2.27. The highest BCUT2D eigenvalue weighted by Crippen LogP contribution is 2.48. The fraction of sp³-hybridized carbons (Fsp3) is 0.750. The zero-order valence-electron chi connectivity index (χ0n) is 6.44. The van der Waals surface area contributed by atoms with E-state index in [4.69, 9.17) is 0 Å². The second-order valence-electron chi connectivity index (χ2n) is 1.62. The molecule has 0 spiro atoms. The van der Waals surface area contributed by atoms with Gasteiger partial charge in [0.05, 0.1) is 0 Å². The van der Waals surface area contributed by atoms with Crippen molar-refractivity contribution >= 4 is 13.8 Å². The predicted molar refractivity (Wildman–Crippen MR) is 34.8 cm³/mol. The van der Waals surface area contributed by atoms with E-state index in [2.05, 4.69) is 9.05 Å². The summed E-state index contributed by atoms with van der Waals surface area (Å²) < 4.78 is 20.2. The summed E-state index contributed by atoms with van der Waals surface area (Å²) in [4.78, 5) is 10.1. The van der Waals surface area contributed by atoms with Gasteiger partial charge in [0, 0.05) is 21.3 Å². The molecule has 0 aliphatic carbocycles. The van der Waals surface area contributed by atoms with Crippen LogP contribution in [0.3, 0.4) is 0 Å². The lowest BCUT2D eigenvalue weighted by Crippen LogP contribution is -2.36. The summed E-state index contributed by atoms with van der Waals surface area (Å²) in [6, 6.07) is 0. The fourth-order valence-corrected chi connectivity index (χ4v) is 1.26. The molecule has 0 aromatic heterocycles. The maximum atomic E-state index is 11.2. The van der Waals surface area contributed by atoms with Gasteiger partial charge in [0.25, 0.3) is 0 Å². The molecule has 66 valence electrons. The van der Waals surface area contributed by atoms with Gasteiger partial charge in [0.15, 0.2) is 0 Å². The number of carboxylic acid groups (broad SMARTS) is 1. The van der Waals surface area contributed by atoms with Crippen molar-refractivity contribution in [3.05, 3.63) is 0 Å². The van der Waals surface area contributed by atoms with Crippen molar-refractivity contribution in [2.75, 3.05) is 21.3 Å². The zero-order chi connectivity index (χ0) is 9.07. The summed E-state index contributed by atoms with van der Waals surface area (Å²) in [5.41, 5.74) is 0. The van der Waals surface area contributed by atoms with E-state index in [1.807, 2.05) is 0 Å². The lowest BCUT2D eigenvalue weighted by molar-refractivity contribution is -0.259. The molecule has 0 aliphatic heterocycles. The third-order valence-corrected chi connectivity index (χ3v) is 2.91. The maximum absolute atomic E-state index is 11.2. The van der Waals surface area contributed by atoms with Crippen LogP contribution in [-0.2, 0) is 13.6 Å². The predicted octanol–water partition coefficient (Wildman–Crippen LogP) is -0.338. The van der Waals surface area contributed by atoms with Crippen molar-refractivity contribution in [3.8, 4) is 0 Å². The monoisotopic (exact) mass is 182 g/mol. The van der Waals surface area contributed by atoms with Crippen molar-refractivity contribution in [1.82, 2.24) is 4.67 Å². The van der Waals surface area contributed by atoms with Crippen LogP contribution >= 0.6 is 7.75 Å². The Morgan fingerprint density at radius 1 is 1.45 bits per heavy atom. The molecule has 0 atom stereocenters. The van der Waals surface area contributed by atoms with Gasteiger partial charge >= 0.3 is 7.75 Å². The third-order valence-electron chi connectivity index (χ3n) is 1.09. The Bertz CT molecular complexity index is 185. The van der Waals surface area contributed by atoms with Crippen molar-refractivity contribution < 1.29 is 23.5 Å². The molecule has 0 aromatic rings. The van der Waals surface area contributed by atoms with Crippen LogP contribution < -0.4 is 5.11 Å². The molecule has 0 bridgehead atoms. The molecule has 6 nitrogen and oxygen atoms in total. The maximum Gasteiger partial charge on any atom is 0.435 e. The Kier molecular flexibility index (Phi) is 3.51. The minimum atomic E-state index is -3.66. The summed E-state index contributed by atoms with van der Waals surface area (Å²) in [7, 11) is -0.438. The molecule has 7 heteroatoms. The van der Waals surface area contributed by atoms with Crippen molar-refractivity contribution in [3.63, 3.8) is 0 Å². The largest absolute Gasteiger partial charge is 0.530 e. The minimum Gasteiger partial charge on any atom is -0.530 e. The van der Waals surface area contributed by atoms with Crippen LogP contribution in [0.5, 0.6) is 0 Å². The average Bonchev–Trinajstić information content (AvgIpc) is 2.01. The van der Waals surface area contributed by atoms with Crippen LogP contribution in [0.15, 0.2) is 0 Å². The molecule has 0 unspecified atom stereocenters. The van der Waals surface area contributed by atoms with E-state index in [1.165, 1.54) is 0 Å². The summed E-state index contributed by atoms with van der Waals surface area (Å²) in [6.45, 7) is 0. The standard InChI is InChI=1S/C4H10NO5P/c1-5(4(6)7)11(8,9-2)10-3/h1-3H3,(H,6,7)/p-1. The quantitative estimate of drug-likeness (QED) is 0.558. The Morgan fingerprint density at radius 2 is 1.82 bits per heavy atom. The molecule has 0 rings (SSSR count). The van der Waals surface area contributed by atoms with E-state index in [1.54, 1.807) is 0 Å². The van der Waals surface area contributed by atoms with Gasteiger partial charge in [-0.2, -0.15) is 0 Å². The van der Waals surface area contributed by atoms with E-state index in [0.717, 1.165) is 21.3 Å². The van der Waals surface area contributed by atoms with Gasteiger partial charge in [0.1, 0.15) is 6.09 Å². The summed E-state index contributed by atoms with van der Waals surface area (Å²) in [5.74, 6) is 0. The normalized spacial score (nSPS) is 11.2. The van der Waals surface area contributed by atoms with Crippen LogP contribution in [0, 0.1) is 0 Å². The van der Waals surface area contributed by atoms with Gasteiger partial charge in [-0.25, -0.2) is 4.57 Å². The van der Waals surface area contributed by atoms with Gasteiger partial charge in [-0.05, 0) is 0 Å². The van der Waals surface area contributed by atoms with Crippen molar-refractivity contribution in [1.29, 1.82) is 0 Å². The van der Waals surface area contributed by atoms with E-state index in [9.17, 15) is 14.5 Å². The summed E-state index contributed by atoms with van der Waals surface area (Å²) >= 11 is 0. The van der Waals surface area contributed by atoms with Gasteiger partial charge in [-0.3, -0.25) is 13.7 Å². The first-order chi connectivity index (χ1) is 4.98. The Morgan fingerprint density at radius 3 is 1.91 bits per heavy atom. The highest BCUT2D eigenvalue weighted by molar-refractivity contribution is 7.51. The van der Waals surface area contributed by atoms with Gasteiger partial charge in [-0.1, -0.05) is 0 Å². The molecule has 0 heterocycles. The SMILES string of the molecule is COP(=O)(OC)N(C)C(=O)[O-]. The number of hydrogen-bond donors (Lipinski definition) is 0. The first kappa shape index (κ1) is 10.4. The van der Waals surface area contributed by atoms with Crippen LogP contribution in [0.1, 0.15) is 0 Å². The average molecular weight is 182 g/mol. The molecule has 0 aromatic carbocycles. The number of rotatable bonds is 3. The molecule has 0 aliphatic rings. The Labute approximate surface area is 64.3 Å². The molecular formula is C4H9NO5P-. The first-order valence-electron chi connectivity index (χ1n) is 2.64. The molecular weight excluding hydrogens is 173 g/mol. The zero-order valence-corrected chi connectivity index (χ0v) is 7.33. The lowest BCUT2D eigenvalue weighted by atomic mass is 11.1. The summed E-state index contributed by atoms with van der Waals surface area (Å²) in [5, 5.41) is 10.1. The molecule has 0 radical (unpaired) electrons.